The van der Waals surface area contributed by atoms with Gasteiger partial charge in [-0.15, -0.1) is 24.0 Å². The van der Waals surface area contributed by atoms with E-state index in [9.17, 15) is 9.59 Å². The minimum absolute atomic E-state index is 0. The maximum Gasteiger partial charge on any atom is 0.407 e. The Morgan fingerprint density at radius 3 is 2.27 bits per heavy atom. The highest BCUT2D eigenvalue weighted by atomic mass is 127. The Kier molecular flexibility index (Phi) is 14.7. The number of nitrogens with one attached hydrogen (secondary N) is 4. The van der Waals surface area contributed by atoms with Gasteiger partial charge in [0.2, 0.25) is 5.91 Å². The molecule has 0 saturated carbocycles. The summed E-state index contributed by atoms with van der Waals surface area (Å²) < 4.78 is 5.18. The molecule has 0 saturated heterocycles. The molecule has 30 heavy (non-hydrogen) atoms. The van der Waals surface area contributed by atoms with Gasteiger partial charge in [0.25, 0.3) is 0 Å². The van der Waals surface area contributed by atoms with Gasteiger partial charge in [-0.1, -0.05) is 30.3 Å². The second-order valence-electron chi connectivity index (χ2n) is 7.49. The number of aliphatic imine (C=N–C) groups is 1. The zero-order chi connectivity index (χ0) is 21.5. The number of alkyl carbamates (subject to hydrolysis) is 1. The first-order valence-electron chi connectivity index (χ1n) is 10.1. The number of carbonyl (C=O) groups is 2. The van der Waals surface area contributed by atoms with Gasteiger partial charge in [-0.05, 0) is 46.1 Å². The van der Waals surface area contributed by atoms with Crippen molar-refractivity contribution in [3.8, 4) is 0 Å². The lowest BCUT2D eigenvalue weighted by atomic mass is 10.1. The third-order valence-electron chi connectivity index (χ3n) is 3.62. The molecule has 1 aromatic rings. The van der Waals surface area contributed by atoms with Gasteiger partial charge in [0.1, 0.15) is 12.1 Å². The number of hydrogen-bond donors (Lipinski definition) is 4. The van der Waals surface area contributed by atoms with Crippen LogP contribution in [0.5, 0.6) is 0 Å². The highest BCUT2D eigenvalue weighted by Crippen LogP contribution is 2.06. The average molecular weight is 533 g/mol. The standard InChI is InChI=1S/C21H35N5O3.HI/c1-5-22-19(24-13-9-14-25-20(28)29-21(2,3)4)26-16-18(27)23-15-12-17-10-7-6-8-11-17;/h6-8,10-11H,5,9,12-16H2,1-4H3,(H,23,27)(H,25,28)(H2,22,24,26);1H. The van der Waals surface area contributed by atoms with Crippen LogP contribution in [0.3, 0.4) is 0 Å². The molecule has 8 nitrogen and oxygen atoms in total. The number of halogens is 1. The summed E-state index contributed by atoms with van der Waals surface area (Å²) in [7, 11) is 0. The maximum atomic E-state index is 12.0. The number of carbonyl (C=O) groups excluding carboxylic acids is 2. The number of benzene rings is 1. The van der Waals surface area contributed by atoms with Crippen molar-refractivity contribution in [2.24, 2.45) is 4.99 Å². The molecule has 0 aliphatic rings. The van der Waals surface area contributed by atoms with Crippen molar-refractivity contribution in [2.75, 3.05) is 32.7 Å². The molecule has 0 aliphatic carbocycles. The van der Waals surface area contributed by atoms with Crippen LogP contribution in [0, 0.1) is 0 Å². The van der Waals surface area contributed by atoms with Gasteiger partial charge in [0.05, 0.1) is 0 Å². The van der Waals surface area contributed by atoms with Crippen LogP contribution in [0.1, 0.15) is 39.7 Å². The molecule has 0 spiro atoms. The zero-order valence-corrected chi connectivity index (χ0v) is 20.7. The van der Waals surface area contributed by atoms with Gasteiger partial charge < -0.3 is 26.0 Å². The summed E-state index contributed by atoms with van der Waals surface area (Å²) in [6, 6.07) is 10.0. The van der Waals surface area contributed by atoms with Crippen molar-refractivity contribution >= 4 is 41.9 Å². The fourth-order valence-corrected chi connectivity index (χ4v) is 2.34. The lowest BCUT2D eigenvalue weighted by molar-refractivity contribution is -0.119. The van der Waals surface area contributed by atoms with Crippen LogP contribution in [0.2, 0.25) is 0 Å². The molecule has 0 unspecified atom stereocenters. The molecular weight excluding hydrogens is 497 g/mol. The number of hydrogen-bond acceptors (Lipinski definition) is 4. The van der Waals surface area contributed by atoms with Gasteiger partial charge in [0, 0.05) is 26.2 Å². The van der Waals surface area contributed by atoms with E-state index in [0.717, 1.165) is 6.42 Å². The molecule has 0 aliphatic heterocycles. The average Bonchev–Trinajstić information content (AvgIpc) is 2.65. The van der Waals surface area contributed by atoms with Crippen molar-refractivity contribution in [1.82, 2.24) is 21.3 Å². The Morgan fingerprint density at radius 1 is 0.967 bits per heavy atom. The SMILES string of the molecule is CCNC(=NCC(=O)NCCc1ccccc1)NCCCNC(=O)OC(C)(C)C.I. The second-order valence-corrected chi connectivity index (χ2v) is 7.49. The molecule has 0 fully saturated rings. The molecule has 1 aromatic carbocycles. The monoisotopic (exact) mass is 533 g/mol. The Balaban J connectivity index is 0.00000841. The molecule has 0 heterocycles. The third kappa shape index (κ3) is 14.9. The fraction of sp³-hybridized carbons (Fsp3) is 0.571. The van der Waals surface area contributed by atoms with Crippen LogP contribution in [0.15, 0.2) is 35.3 Å². The molecule has 4 N–H and O–H groups in total. The normalized spacial score (nSPS) is 11.1. The number of amides is 2. The van der Waals surface area contributed by atoms with Gasteiger partial charge >= 0.3 is 6.09 Å². The predicted octanol–water partition coefficient (Wildman–Crippen LogP) is 2.43. The molecule has 0 atom stereocenters. The third-order valence-corrected chi connectivity index (χ3v) is 3.62. The molecule has 0 aromatic heterocycles. The number of ether oxygens (including phenoxy) is 1. The fourth-order valence-electron chi connectivity index (χ4n) is 2.34. The van der Waals surface area contributed by atoms with Crippen LogP contribution in [0.4, 0.5) is 4.79 Å². The van der Waals surface area contributed by atoms with Gasteiger partial charge in [0.15, 0.2) is 5.96 Å². The van der Waals surface area contributed by atoms with E-state index in [4.69, 9.17) is 4.74 Å². The van der Waals surface area contributed by atoms with E-state index in [0.29, 0.717) is 38.6 Å². The summed E-state index contributed by atoms with van der Waals surface area (Å²) in [6.07, 6.45) is 1.07. The Labute approximate surface area is 197 Å². The molecule has 9 heteroatoms. The van der Waals surface area contributed by atoms with Crippen LogP contribution in [-0.4, -0.2) is 56.3 Å². The Hall–Kier alpha value is -2.04. The van der Waals surface area contributed by atoms with Crippen LogP contribution in [-0.2, 0) is 16.0 Å². The van der Waals surface area contributed by atoms with E-state index in [1.165, 1.54) is 5.56 Å². The smallest absolute Gasteiger partial charge is 0.407 e. The highest BCUT2D eigenvalue weighted by Gasteiger charge is 2.15. The van der Waals surface area contributed by atoms with Crippen molar-refractivity contribution in [1.29, 1.82) is 0 Å². The quantitative estimate of drug-likeness (QED) is 0.160. The van der Waals surface area contributed by atoms with Crippen LogP contribution in [0.25, 0.3) is 0 Å². The maximum absolute atomic E-state index is 12.0. The molecule has 2 amide bonds. The Morgan fingerprint density at radius 2 is 1.63 bits per heavy atom. The summed E-state index contributed by atoms with van der Waals surface area (Å²) in [5.41, 5.74) is 0.681. The summed E-state index contributed by atoms with van der Waals surface area (Å²) in [6.45, 7) is 9.86. The first-order valence-corrected chi connectivity index (χ1v) is 10.1. The molecule has 0 radical (unpaired) electrons. The van der Waals surface area contributed by atoms with Crippen molar-refractivity contribution in [3.05, 3.63) is 35.9 Å². The minimum atomic E-state index is -0.505. The van der Waals surface area contributed by atoms with Crippen LogP contribution >= 0.6 is 24.0 Å². The minimum Gasteiger partial charge on any atom is -0.444 e. The molecular formula is C21H36IN5O3. The zero-order valence-electron chi connectivity index (χ0n) is 18.4. The lowest BCUT2D eigenvalue weighted by Gasteiger charge is -2.19. The molecule has 0 bridgehead atoms. The number of rotatable bonds is 10. The summed E-state index contributed by atoms with van der Waals surface area (Å²) in [5.74, 6) is 0.452. The summed E-state index contributed by atoms with van der Waals surface area (Å²) in [5, 5.41) is 11.8. The van der Waals surface area contributed by atoms with E-state index < -0.39 is 11.7 Å². The second kappa shape index (κ2) is 15.8. The number of guanidine groups is 1. The van der Waals surface area contributed by atoms with Crippen molar-refractivity contribution < 1.29 is 14.3 Å². The summed E-state index contributed by atoms with van der Waals surface area (Å²) >= 11 is 0. The van der Waals surface area contributed by atoms with Crippen molar-refractivity contribution in [3.63, 3.8) is 0 Å². The van der Waals surface area contributed by atoms with E-state index >= 15 is 0 Å². The highest BCUT2D eigenvalue weighted by molar-refractivity contribution is 14.0. The largest absolute Gasteiger partial charge is 0.444 e. The Bertz CT molecular complexity index is 648. The van der Waals surface area contributed by atoms with E-state index in [1.54, 1.807) is 0 Å². The van der Waals surface area contributed by atoms with E-state index in [1.807, 2.05) is 58.0 Å². The molecule has 1 rings (SSSR count). The van der Waals surface area contributed by atoms with Gasteiger partial charge in [-0.3, -0.25) is 4.79 Å². The topological polar surface area (TPSA) is 104 Å². The number of nitrogens with zero attached hydrogens (tertiary/aromatic N) is 1. The van der Waals surface area contributed by atoms with Crippen molar-refractivity contribution in [2.45, 2.75) is 46.1 Å². The first kappa shape index (κ1) is 28.0. The predicted molar refractivity (Wildman–Crippen MR) is 131 cm³/mol. The van der Waals surface area contributed by atoms with Gasteiger partial charge in [-0.25, -0.2) is 9.79 Å². The summed E-state index contributed by atoms with van der Waals surface area (Å²) in [4.78, 5) is 27.8. The molecule has 170 valence electrons. The van der Waals surface area contributed by atoms with Gasteiger partial charge in [-0.2, -0.15) is 0 Å². The van der Waals surface area contributed by atoms with E-state index in [2.05, 4.69) is 26.3 Å². The first-order chi connectivity index (χ1) is 13.8. The lowest BCUT2D eigenvalue weighted by Crippen LogP contribution is -2.40. The van der Waals surface area contributed by atoms with E-state index in [-0.39, 0.29) is 36.4 Å². The van der Waals surface area contributed by atoms with Crippen LogP contribution < -0.4 is 21.3 Å².